The zero-order valence-electron chi connectivity index (χ0n) is 14.9. The third kappa shape index (κ3) is 4.16. The molecule has 27 heavy (non-hydrogen) atoms. The van der Waals surface area contributed by atoms with E-state index in [0.717, 1.165) is 0 Å². The first kappa shape index (κ1) is 19.4. The molecule has 148 valence electrons. The van der Waals surface area contributed by atoms with E-state index >= 15 is 0 Å². The van der Waals surface area contributed by atoms with E-state index < -0.39 is 28.0 Å². The molecule has 2 heterocycles. The normalized spacial score (nSPS) is 19.3. The number of hydrogen-bond donors (Lipinski definition) is 2. The minimum absolute atomic E-state index is 0.120. The van der Waals surface area contributed by atoms with Gasteiger partial charge in [-0.15, -0.1) is 0 Å². The van der Waals surface area contributed by atoms with Gasteiger partial charge < -0.3 is 19.9 Å². The van der Waals surface area contributed by atoms with Crippen LogP contribution >= 0.6 is 0 Å². The second-order valence-electron chi connectivity index (χ2n) is 6.55. The molecule has 1 aromatic rings. The number of carbonyl (C=O) groups excluding carboxylic acids is 1. The molecule has 0 spiro atoms. The summed E-state index contributed by atoms with van der Waals surface area (Å²) in [7, 11) is -3.71. The van der Waals surface area contributed by atoms with Crippen LogP contribution in [0.3, 0.4) is 0 Å². The predicted molar refractivity (Wildman–Crippen MR) is 94.2 cm³/mol. The number of piperidine rings is 1. The Labute approximate surface area is 157 Å². The molecule has 0 radical (unpaired) electrons. The lowest BCUT2D eigenvalue weighted by Gasteiger charge is -2.31. The number of nitrogens with zero attached hydrogens (tertiary/aromatic N) is 1. The van der Waals surface area contributed by atoms with Crippen LogP contribution < -0.4 is 14.8 Å². The van der Waals surface area contributed by atoms with Crippen LogP contribution in [0.2, 0.25) is 0 Å². The highest BCUT2D eigenvalue weighted by molar-refractivity contribution is 7.89. The molecular formula is C17H22N2O7S. The van der Waals surface area contributed by atoms with E-state index in [1.807, 2.05) is 0 Å². The molecule has 1 atom stereocenters. The van der Waals surface area contributed by atoms with Crippen LogP contribution in [0, 0.1) is 5.92 Å². The molecule has 1 fully saturated rings. The van der Waals surface area contributed by atoms with Crippen LogP contribution in [-0.2, 0) is 19.6 Å². The van der Waals surface area contributed by atoms with Crippen molar-refractivity contribution in [2.75, 3.05) is 26.3 Å². The minimum atomic E-state index is -3.71. The predicted octanol–water partition coefficient (Wildman–Crippen LogP) is 0.448. The zero-order valence-corrected chi connectivity index (χ0v) is 15.7. The number of amides is 1. The maximum Gasteiger partial charge on any atom is 0.325 e. The lowest BCUT2D eigenvalue weighted by molar-refractivity contribution is -0.142. The Kier molecular flexibility index (Phi) is 5.56. The van der Waals surface area contributed by atoms with Crippen LogP contribution in [-0.4, -0.2) is 62.1 Å². The maximum absolute atomic E-state index is 12.9. The molecule has 0 bridgehead atoms. The van der Waals surface area contributed by atoms with Gasteiger partial charge in [0.2, 0.25) is 15.9 Å². The molecule has 10 heteroatoms. The van der Waals surface area contributed by atoms with Gasteiger partial charge in [-0.05, 0) is 31.9 Å². The Bertz CT molecular complexity index is 832. The number of rotatable bonds is 5. The first-order chi connectivity index (χ1) is 12.8. The maximum atomic E-state index is 12.9. The van der Waals surface area contributed by atoms with Crippen LogP contribution in [0.1, 0.15) is 19.8 Å². The topological polar surface area (TPSA) is 122 Å². The zero-order chi connectivity index (χ0) is 19.6. The summed E-state index contributed by atoms with van der Waals surface area (Å²) in [5, 5.41) is 11.3. The molecule has 2 N–H and O–H groups in total. The summed E-state index contributed by atoms with van der Waals surface area (Å²) in [6, 6.07) is 3.54. The Morgan fingerprint density at radius 2 is 1.81 bits per heavy atom. The lowest BCUT2D eigenvalue weighted by atomic mass is 9.97. The van der Waals surface area contributed by atoms with Crippen LogP contribution in [0.4, 0.5) is 0 Å². The van der Waals surface area contributed by atoms with E-state index in [1.165, 1.54) is 23.4 Å². The quantitative estimate of drug-likeness (QED) is 0.738. The van der Waals surface area contributed by atoms with Gasteiger partial charge in [0.15, 0.2) is 11.5 Å². The summed E-state index contributed by atoms with van der Waals surface area (Å²) in [5.74, 6) is -0.954. The molecule has 1 aromatic carbocycles. The number of hydrogen-bond acceptors (Lipinski definition) is 6. The number of sulfonamides is 1. The Morgan fingerprint density at radius 3 is 2.44 bits per heavy atom. The Hall–Kier alpha value is -2.33. The van der Waals surface area contributed by atoms with E-state index in [2.05, 4.69) is 5.32 Å². The summed E-state index contributed by atoms with van der Waals surface area (Å²) in [4.78, 5) is 23.1. The average molecular weight is 398 g/mol. The number of carboxylic acid groups (broad SMARTS) is 1. The highest BCUT2D eigenvalue weighted by Gasteiger charge is 2.33. The molecule has 0 aliphatic carbocycles. The monoisotopic (exact) mass is 398 g/mol. The van der Waals surface area contributed by atoms with Crippen molar-refractivity contribution in [1.29, 1.82) is 0 Å². The van der Waals surface area contributed by atoms with E-state index in [0.29, 0.717) is 37.6 Å². The fourth-order valence-electron chi connectivity index (χ4n) is 3.08. The molecule has 1 saturated heterocycles. The van der Waals surface area contributed by atoms with E-state index in [4.69, 9.17) is 14.6 Å². The van der Waals surface area contributed by atoms with Crippen LogP contribution in [0.25, 0.3) is 0 Å². The highest BCUT2D eigenvalue weighted by atomic mass is 32.2. The van der Waals surface area contributed by atoms with E-state index in [9.17, 15) is 18.0 Å². The largest absolute Gasteiger partial charge is 0.486 e. The standard InChI is InChI=1S/C17H22N2O7S/c1-11(17(21)22)18-16(20)12-4-6-19(7-5-12)27(23,24)13-2-3-14-15(10-13)26-9-8-25-14/h2-3,10-12H,4-9H2,1H3,(H,18,20)(H,21,22)/t11-/m1/s1. The number of carbonyl (C=O) groups is 2. The third-order valence-corrected chi connectivity index (χ3v) is 6.60. The summed E-state index contributed by atoms with van der Waals surface area (Å²) in [6.45, 7) is 2.56. The van der Waals surface area contributed by atoms with Gasteiger partial charge in [0.05, 0.1) is 4.90 Å². The fraction of sp³-hybridized carbons (Fsp3) is 0.529. The Balaban J connectivity index is 1.65. The van der Waals surface area contributed by atoms with Crippen molar-refractivity contribution in [3.63, 3.8) is 0 Å². The van der Waals surface area contributed by atoms with Crippen molar-refractivity contribution in [2.24, 2.45) is 5.92 Å². The minimum Gasteiger partial charge on any atom is -0.486 e. The number of nitrogens with one attached hydrogen (secondary N) is 1. The molecule has 0 unspecified atom stereocenters. The molecule has 1 amide bonds. The summed E-state index contributed by atoms with van der Waals surface area (Å²) >= 11 is 0. The van der Waals surface area contributed by atoms with Crippen LogP contribution in [0.15, 0.2) is 23.1 Å². The van der Waals surface area contributed by atoms with Crippen molar-refractivity contribution >= 4 is 21.9 Å². The van der Waals surface area contributed by atoms with E-state index in [-0.39, 0.29) is 23.9 Å². The van der Waals surface area contributed by atoms with Gasteiger partial charge in [0, 0.05) is 25.1 Å². The summed E-state index contributed by atoms with van der Waals surface area (Å²) in [6.07, 6.45) is 0.671. The second-order valence-corrected chi connectivity index (χ2v) is 8.49. The van der Waals surface area contributed by atoms with Crippen molar-refractivity contribution in [2.45, 2.75) is 30.7 Å². The van der Waals surface area contributed by atoms with Crippen LogP contribution in [0.5, 0.6) is 11.5 Å². The first-order valence-electron chi connectivity index (χ1n) is 8.72. The number of fused-ring (bicyclic) bond motifs is 1. The van der Waals surface area contributed by atoms with Crippen molar-refractivity contribution in [3.05, 3.63) is 18.2 Å². The van der Waals surface area contributed by atoms with Crippen molar-refractivity contribution in [3.8, 4) is 11.5 Å². The average Bonchev–Trinajstić information content (AvgIpc) is 2.67. The van der Waals surface area contributed by atoms with Gasteiger partial charge in [-0.2, -0.15) is 4.31 Å². The summed E-state index contributed by atoms with van der Waals surface area (Å²) in [5.41, 5.74) is 0. The Morgan fingerprint density at radius 1 is 1.19 bits per heavy atom. The third-order valence-electron chi connectivity index (χ3n) is 4.71. The van der Waals surface area contributed by atoms with Gasteiger partial charge in [0.25, 0.3) is 0 Å². The highest BCUT2D eigenvalue weighted by Crippen LogP contribution is 2.34. The lowest BCUT2D eigenvalue weighted by Crippen LogP contribution is -2.46. The molecule has 3 rings (SSSR count). The van der Waals surface area contributed by atoms with Gasteiger partial charge in [-0.25, -0.2) is 8.42 Å². The summed E-state index contributed by atoms with van der Waals surface area (Å²) < 4.78 is 37.9. The number of carboxylic acids is 1. The van der Waals surface area contributed by atoms with Crippen molar-refractivity contribution in [1.82, 2.24) is 9.62 Å². The second kappa shape index (κ2) is 7.73. The van der Waals surface area contributed by atoms with Crippen molar-refractivity contribution < 1.29 is 32.6 Å². The molecule has 2 aliphatic rings. The number of benzene rings is 1. The SMILES string of the molecule is C[C@@H](NC(=O)C1CCN(S(=O)(=O)c2ccc3c(c2)OCCO3)CC1)C(=O)O. The van der Waals surface area contributed by atoms with Gasteiger partial charge in [-0.1, -0.05) is 0 Å². The molecule has 0 aromatic heterocycles. The molecule has 2 aliphatic heterocycles. The smallest absolute Gasteiger partial charge is 0.325 e. The first-order valence-corrected chi connectivity index (χ1v) is 10.2. The fourth-order valence-corrected chi connectivity index (χ4v) is 4.57. The van der Waals surface area contributed by atoms with E-state index in [1.54, 1.807) is 6.07 Å². The molecule has 0 saturated carbocycles. The number of ether oxygens (including phenoxy) is 2. The number of aliphatic carboxylic acids is 1. The molecule has 9 nitrogen and oxygen atoms in total. The van der Waals surface area contributed by atoms with Gasteiger partial charge >= 0.3 is 5.97 Å². The molecular weight excluding hydrogens is 376 g/mol. The van der Waals surface area contributed by atoms with Gasteiger partial charge in [0.1, 0.15) is 19.3 Å². The van der Waals surface area contributed by atoms with Gasteiger partial charge in [-0.3, -0.25) is 9.59 Å².